The van der Waals surface area contributed by atoms with Gasteiger partial charge < -0.3 is 0 Å². The molecular formula is C5H6N+. The Morgan fingerprint density at radius 2 is 2.50 bits per heavy atom. The largest absolute Gasteiger partial charge is 0.295 e. The number of rotatable bonds is 0. The second kappa shape index (κ2) is 1.11. The number of nitrogens with zero attached hydrogens (tertiary/aromatic N) is 1. The van der Waals surface area contributed by atoms with Gasteiger partial charge in [-0.1, -0.05) is 0 Å². The lowest BCUT2D eigenvalue weighted by molar-refractivity contribution is 1.65. The third-order valence-electron chi connectivity index (χ3n) is 0.702. The van der Waals surface area contributed by atoms with Gasteiger partial charge in [-0.25, -0.2) is 0 Å². The summed E-state index contributed by atoms with van der Waals surface area (Å²) < 4.78 is 3.82. The van der Waals surface area contributed by atoms with Crippen LogP contribution in [0.1, 0.15) is 6.92 Å². The van der Waals surface area contributed by atoms with E-state index in [0.29, 0.717) is 0 Å². The maximum absolute atomic E-state index is 3.82. The molecule has 0 radical (unpaired) electrons. The molecule has 1 nitrogen and oxygen atoms in total. The van der Waals surface area contributed by atoms with E-state index in [1.165, 1.54) is 5.57 Å². The standard InChI is InChI=1S/C5H6N/c1-5-2-3-6-4-5/h2-4H,1H3/q+1. The van der Waals surface area contributed by atoms with Crippen LogP contribution < -0.4 is 4.67 Å². The number of hydrogen-bond acceptors (Lipinski definition) is 0. The molecule has 0 amide bonds. The van der Waals surface area contributed by atoms with Gasteiger partial charge >= 0.3 is 0 Å². The van der Waals surface area contributed by atoms with E-state index in [0.717, 1.165) is 0 Å². The summed E-state index contributed by atoms with van der Waals surface area (Å²) in [5.74, 6) is 0. The fourth-order valence-corrected chi connectivity index (χ4v) is 0.364. The zero-order valence-corrected chi connectivity index (χ0v) is 3.68. The van der Waals surface area contributed by atoms with Crippen LogP contribution in [0.2, 0.25) is 0 Å². The predicted molar refractivity (Wildman–Crippen MR) is 28.0 cm³/mol. The van der Waals surface area contributed by atoms with Crippen molar-refractivity contribution in [1.82, 2.24) is 4.67 Å². The van der Waals surface area contributed by atoms with Crippen LogP contribution in [0.4, 0.5) is 0 Å². The molecule has 0 aromatic rings. The van der Waals surface area contributed by atoms with Gasteiger partial charge in [0.05, 0.1) is 0 Å². The lowest BCUT2D eigenvalue weighted by atomic mass is 10.3. The first-order valence-electron chi connectivity index (χ1n) is 1.93. The number of allylic oxidation sites excluding steroid dienone is 2. The van der Waals surface area contributed by atoms with E-state index in [-0.39, 0.29) is 0 Å². The Labute approximate surface area is 36.7 Å². The molecule has 0 aromatic carbocycles. The van der Waals surface area contributed by atoms with Crippen LogP contribution in [0.15, 0.2) is 11.6 Å². The van der Waals surface area contributed by atoms with E-state index >= 15 is 0 Å². The molecule has 0 unspecified atom stereocenters. The highest BCUT2D eigenvalue weighted by Crippen LogP contribution is 1.82. The van der Waals surface area contributed by atoms with Gasteiger partial charge in [0.2, 0.25) is 0 Å². The fourth-order valence-electron chi connectivity index (χ4n) is 0.364. The maximum Gasteiger partial charge on any atom is 0.295 e. The predicted octanol–water partition coefficient (Wildman–Crippen LogP) is 0.155. The van der Waals surface area contributed by atoms with Crippen LogP contribution in [0.3, 0.4) is 0 Å². The Hall–Kier alpha value is -0.810. The van der Waals surface area contributed by atoms with Crippen molar-refractivity contribution in [1.29, 1.82) is 0 Å². The summed E-state index contributed by atoms with van der Waals surface area (Å²) in [4.78, 5) is 0. The molecule has 1 heteroatoms. The first-order chi connectivity index (χ1) is 2.89. The summed E-state index contributed by atoms with van der Waals surface area (Å²) in [5, 5.41) is 0. The van der Waals surface area contributed by atoms with Crippen LogP contribution in [0.5, 0.6) is 0 Å². The van der Waals surface area contributed by atoms with Crippen LogP contribution in [-0.2, 0) is 0 Å². The van der Waals surface area contributed by atoms with Crippen LogP contribution >= 0.6 is 0 Å². The summed E-state index contributed by atoms with van der Waals surface area (Å²) in [6.07, 6.45) is 5.59. The Kier molecular flexibility index (Phi) is 0.627. The zero-order chi connectivity index (χ0) is 4.41. The molecule has 1 aliphatic heterocycles. The van der Waals surface area contributed by atoms with Gasteiger partial charge in [0.25, 0.3) is 12.4 Å². The molecular weight excluding hydrogens is 74.1 g/mol. The summed E-state index contributed by atoms with van der Waals surface area (Å²) >= 11 is 0. The van der Waals surface area contributed by atoms with Gasteiger partial charge in [0.1, 0.15) is 0 Å². The average molecular weight is 80.1 g/mol. The molecule has 0 aliphatic carbocycles. The maximum atomic E-state index is 3.82. The van der Waals surface area contributed by atoms with E-state index in [2.05, 4.69) is 4.67 Å². The van der Waals surface area contributed by atoms with Crippen molar-refractivity contribution < 1.29 is 0 Å². The second-order valence-corrected chi connectivity index (χ2v) is 1.34. The van der Waals surface area contributed by atoms with Crippen molar-refractivity contribution in [2.24, 2.45) is 0 Å². The van der Waals surface area contributed by atoms with Crippen molar-refractivity contribution >= 4 is 12.4 Å². The van der Waals surface area contributed by atoms with Crippen molar-refractivity contribution in [3.05, 3.63) is 11.6 Å². The molecule has 0 fully saturated rings. The van der Waals surface area contributed by atoms with Crippen LogP contribution in [0.25, 0.3) is 0 Å². The highest BCUT2D eigenvalue weighted by molar-refractivity contribution is 5.92. The first-order valence-corrected chi connectivity index (χ1v) is 1.93. The van der Waals surface area contributed by atoms with Crippen molar-refractivity contribution in [3.63, 3.8) is 0 Å². The first kappa shape index (κ1) is 3.38. The molecule has 0 bridgehead atoms. The van der Waals surface area contributed by atoms with E-state index in [1.54, 1.807) is 6.21 Å². The van der Waals surface area contributed by atoms with Gasteiger partial charge in [-0.3, -0.25) is 0 Å². The van der Waals surface area contributed by atoms with Gasteiger partial charge in [0, 0.05) is 11.6 Å². The summed E-state index contributed by atoms with van der Waals surface area (Å²) in [6, 6.07) is 0. The van der Waals surface area contributed by atoms with Crippen molar-refractivity contribution in [2.75, 3.05) is 0 Å². The highest BCUT2D eigenvalue weighted by Gasteiger charge is 1.92. The van der Waals surface area contributed by atoms with Gasteiger partial charge in [0.15, 0.2) is 0 Å². The minimum absolute atomic E-state index is 1.23. The van der Waals surface area contributed by atoms with E-state index in [1.807, 2.05) is 19.2 Å². The molecule has 0 saturated carbocycles. The molecule has 0 spiro atoms. The van der Waals surface area contributed by atoms with E-state index in [9.17, 15) is 0 Å². The van der Waals surface area contributed by atoms with Gasteiger partial charge in [-0.2, -0.15) is 0 Å². The SMILES string of the molecule is CC1=CC=[N+]=C1. The molecule has 0 atom stereocenters. The molecule has 6 heavy (non-hydrogen) atoms. The van der Waals surface area contributed by atoms with E-state index in [4.69, 9.17) is 0 Å². The summed E-state index contributed by atoms with van der Waals surface area (Å²) in [7, 11) is 0. The smallest absolute Gasteiger partial charge is 0.101 e. The van der Waals surface area contributed by atoms with Gasteiger partial charge in [-0.15, -0.1) is 4.67 Å². The third kappa shape index (κ3) is 0.399. The quantitative estimate of drug-likeness (QED) is 0.368. The van der Waals surface area contributed by atoms with Crippen molar-refractivity contribution in [2.45, 2.75) is 6.92 Å². The topological polar surface area (TPSA) is 14.1 Å². The lowest BCUT2D eigenvalue weighted by Crippen LogP contribution is -1.68. The van der Waals surface area contributed by atoms with Crippen LogP contribution in [0, 0.1) is 0 Å². The molecule has 0 N–H and O–H groups in total. The Bertz CT molecular complexity index is 136. The third-order valence-corrected chi connectivity index (χ3v) is 0.702. The minimum Gasteiger partial charge on any atom is -0.101 e. The normalized spacial score (nSPS) is 15.8. The Morgan fingerprint density at radius 1 is 1.67 bits per heavy atom. The molecule has 1 heterocycles. The average Bonchev–Trinajstić information content (AvgIpc) is 1.86. The van der Waals surface area contributed by atoms with E-state index < -0.39 is 0 Å². The van der Waals surface area contributed by atoms with Crippen LogP contribution in [-0.4, -0.2) is 12.4 Å². The second-order valence-electron chi connectivity index (χ2n) is 1.34. The Morgan fingerprint density at radius 3 is 2.67 bits per heavy atom. The van der Waals surface area contributed by atoms with Gasteiger partial charge in [-0.05, 0) is 6.92 Å². The monoisotopic (exact) mass is 80.0 g/mol. The molecule has 1 aliphatic rings. The minimum atomic E-state index is 1.23. The zero-order valence-electron chi connectivity index (χ0n) is 3.68. The molecule has 1 rings (SSSR count). The molecule has 0 aromatic heterocycles. The molecule has 0 saturated heterocycles. The van der Waals surface area contributed by atoms with Crippen molar-refractivity contribution in [3.8, 4) is 0 Å². The fraction of sp³-hybridized carbons (Fsp3) is 0.200. The number of hydrogen-bond donors (Lipinski definition) is 0. The summed E-state index contributed by atoms with van der Waals surface area (Å²) in [5.41, 5.74) is 1.23. The molecule has 30 valence electrons. The highest BCUT2D eigenvalue weighted by atomic mass is 14.5. The lowest BCUT2D eigenvalue weighted by Gasteiger charge is -1.60. The Balaban J connectivity index is 2.88. The summed E-state index contributed by atoms with van der Waals surface area (Å²) in [6.45, 7) is 2.02.